The van der Waals surface area contributed by atoms with Crippen LogP contribution in [0.4, 0.5) is 18.9 Å². The molecule has 4 nitrogen and oxygen atoms in total. The van der Waals surface area contributed by atoms with Crippen LogP contribution in [0.15, 0.2) is 48.7 Å². The van der Waals surface area contributed by atoms with E-state index in [1.165, 1.54) is 10.8 Å². The number of alkyl halides is 3. The molecule has 30 heavy (non-hydrogen) atoms. The summed E-state index contributed by atoms with van der Waals surface area (Å²) in [5.74, 6) is 0. The standard InChI is InChI=1S/C23H24F3N3O/c1-28-9-6-19(7-10-28)27-21-12-18(17-4-2-16(14-30)3-5-17)13-22-20(21)8-11-29(22)15-23(24,25)26/h2-5,8,11-14,19,27H,6-7,9-10,15H2,1H3. The van der Waals surface area contributed by atoms with Crippen molar-refractivity contribution >= 4 is 22.9 Å². The van der Waals surface area contributed by atoms with Gasteiger partial charge in [-0.15, -0.1) is 0 Å². The van der Waals surface area contributed by atoms with Crippen LogP contribution in [0.25, 0.3) is 22.0 Å². The van der Waals surface area contributed by atoms with Gasteiger partial charge in [0.2, 0.25) is 0 Å². The Morgan fingerprint density at radius 2 is 1.77 bits per heavy atom. The maximum Gasteiger partial charge on any atom is 0.406 e. The average molecular weight is 415 g/mol. The maximum absolute atomic E-state index is 13.1. The molecule has 158 valence electrons. The van der Waals surface area contributed by atoms with Crippen molar-refractivity contribution in [1.29, 1.82) is 0 Å². The highest BCUT2D eigenvalue weighted by Gasteiger charge is 2.29. The lowest BCUT2D eigenvalue weighted by Gasteiger charge is -2.30. The normalized spacial score (nSPS) is 16.1. The number of anilines is 1. The van der Waals surface area contributed by atoms with E-state index in [1.54, 1.807) is 24.3 Å². The fraction of sp³-hybridized carbons (Fsp3) is 0.348. The summed E-state index contributed by atoms with van der Waals surface area (Å²) in [6, 6.07) is 12.9. The van der Waals surface area contributed by atoms with Crippen molar-refractivity contribution in [3.63, 3.8) is 0 Å². The van der Waals surface area contributed by atoms with E-state index in [0.29, 0.717) is 11.1 Å². The number of carbonyl (C=O) groups excluding carboxylic acids is 1. The summed E-state index contributed by atoms with van der Waals surface area (Å²) in [6.07, 6.45) is -0.0556. The van der Waals surface area contributed by atoms with Crippen LogP contribution in [-0.4, -0.2) is 48.1 Å². The average Bonchev–Trinajstić information content (AvgIpc) is 3.11. The van der Waals surface area contributed by atoms with Gasteiger partial charge in [0.25, 0.3) is 0 Å². The summed E-state index contributed by atoms with van der Waals surface area (Å²) in [4.78, 5) is 13.2. The van der Waals surface area contributed by atoms with E-state index < -0.39 is 12.7 Å². The minimum Gasteiger partial charge on any atom is -0.382 e. The van der Waals surface area contributed by atoms with E-state index in [1.807, 2.05) is 18.2 Å². The molecule has 0 radical (unpaired) electrons. The summed E-state index contributed by atoms with van der Waals surface area (Å²) in [5, 5.41) is 4.36. The summed E-state index contributed by atoms with van der Waals surface area (Å²) < 4.78 is 40.5. The lowest BCUT2D eigenvalue weighted by molar-refractivity contribution is -0.139. The van der Waals surface area contributed by atoms with Crippen LogP contribution in [0, 0.1) is 0 Å². The smallest absolute Gasteiger partial charge is 0.382 e. The van der Waals surface area contributed by atoms with Gasteiger partial charge in [-0.25, -0.2) is 0 Å². The third kappa shape index (κ3) is 4.51. The first-order valence-electron chi connectivity index (χ1n) is 10.0. The molecule has 1 aromatic heterocycles. The number of carbonyl (C=O) groups is 1. The molecular weight excluding hydrogens is 391 g/mol. The first-order chi connectivity index (χ1) is 14.3. The van der Waals surface area contributed by atoms with Gasteiger partial charge in [-0.1, -0.05) is 24.3 Å². The van der Waals surface area contributed by atoms with Gasteiger partial charge in [-0.05, 0) is 62.3 Å². The number of nitrogens with zero attached hydrogens (tertiary/aromatic N) is 2. The van der Waals surface area contributed by atoms with Gasteiger partial charge in [-0.3, -0.25) is 4.79 Å². The third-order valence-electron chi connectivity index (χ3n) is 5.70. The fourth-order valence-electron chi connectivity index (χ4n) is 4.04. The highest BCUT2D eigenvalue weighted by Crippen LogP contribution is 2.34. The molecule has 4 rings (SSSR count). The number of hydrogen-bond acceptors (Lipinski definition) is 3. The molecule has 1 fully saturated rings. The van der Waals surface area contributed by atoms with Gasteiger partial charge in [0.05, 0.1) is 5.52 Å². The van der Waals surface area contributed by atoms with Gasteiger partial charge in [0.1, 0.15) is 12.8 Å². The number of benzene rings is 2. The van der Waals surface area contributed by atoms with Gasteiger partial charge < -0.3 is 14.8 Å². The molecule has 1 N–H and O–H groups in total. The first kappa shape index (κ1) is 20.5. The van der Waals surface area contributed by atoms with Crippen molar-refractivity contribution in [3.05, 3.63) is 54.2 Å². The molecule has 2 aromatic carbocycles. The molecule has 1 aliphatic heterocycles. The van der Waals surface area contributed by atoms with Crippen LogP contribution < -0.4 is 5.32 Å². The van der Waals surface area contributed by atoms with Crippen LogP contribution >= 0.6 is 0 Å². The van der Waals surface area contributed by atoms with E-state index in [-0.39, 0.29) is 6.04 Å². The molecule has 0 bridgehead atoms. The number of aromatic nitrogens is 1. The molecule has 7 heteroatoms. The number of aldehydes is 1. The van der Waals surface area contributed by atoms with E-state index in [0.717, 1.165) is 54.4 Å². The highest BCUT2D eigenvalue weighted by molar-refractivity contribution is 5.97. The Bertz CT molecular complexity index is 1030. The quantitative estimate of drug-likeness (QED) is 0.583. The minimum atomic E-state index is -4.30. The van der Waals surface area contributed by atoms with Gasteiger partial charge in [-0.2, -0.15) is 13.2 Å². The zero-order valence-corrected chi connectivity index (χ0v) is 16.7. The number of likely N-dealkylation sites (tertiary alicyclic amines) is 1. The second-order valence-electron chi connectivity index (χ2n) is 7.98. The predicted molar refractivity (Wildman–Crippen MR) is 113 cm³/mol. The maximum atomic E-state index is 13.1. The molecule has 0 atom stereocenters. The number of fused-ring (bicyclic) bond motifs is 1. The third-order valence-corrected chi connectivity index (χ3v) is 5.70. The predicted octanol–water partition coefficient (Wildman–Crippen LogP) is 5.19. The number of halogens is 3. The molecular formula is C23H24F3N3O. The van der Waals surface area contributed by atoms with E-state index in [2.05, 4.69) is 17.3 Å². The summed E-state index contributed by atoms with van der Waals surface area (Å²) in [5.41, 5.74) is 3.62. The van der Waals surface area contributed by atoms with Gasteiger partial charge in [0, 0.05) is 28.9 Å². The van der Waals surface area contributed by atoms with Crippen LogP contribution in [-0.2, 0) is 6.54 Å². The monoisotopic (exact) mass is 415 g/mol. The largest absolute Gasteiger partial charge is 0.406 e. The van der Waals surface area contributed by atoms with Crippen LogP contribution in [0.1, 0.15) is 23.2 Å². The molecule has 0 aliphatic carbocycles. The van der Waals surface area contributed by atoms with Crippen LogP contribution in [0.3, 0.4) is 0 Å². The zero-order chi connectivity index (χ0) is 21.3. The molecule has 2 heterocycles. The zero-order valence-electron chi connectivity index (χ0n) is 16.7. The second-order valence-corrected chi connectivity index (χ2v) is 7.98. The summed E-state index contributed by atoms with van der Waals surface area (Å²) in [6.45, 7) is 0.948. The highest BCUT2D eigenvalue weighted by atomic mass is 19.4. The molecule has 3 aromatic rings. The lowest BCUT2D eigenvalue weighted by Crippen LogP contribution is -2.36. The Kier molecular flexibility index (Phi) is 5.56. The molecule has 0 unspecified atom stereocenters. The van der Waals surface area contributed by atoms with Crippen molar-refractivity contribution in [2.75, 3.05) is 25.5 Å². The van der Waals surface area contributed by atoms with Gasteiger partial charge >= 0.3 is 6.18 Å². The number of piperidine rings is 1. The Hall–Kier alpha value is -2.80. The second kappa shape index (κ2) is 8.14. The van der Waals surface area contributed by atoms with E-state index >= 15 is 0 Å². The van der Waals surface area contributed by atoms with Crippen molar-refractivity contribution in [2.45, 2.75) is 31.6 Å². The number of hydrogen-bond donors (Lipinski definition) is 1. The number of rotatable bonds is 5. The van der Waals surface area contributed by atoms with Crippen molar-refractivity contribution in [3.8, 4) is 11.1 Å². The fourth-order valence-corrected chi connectivity index (χ4v) is 4.04. The van der Waals surface area contributed by atoms with Crippen molar-refractivity contribution in [2.24, 2.45) is 0 Å². The summed E-state index contributed by atoms with van der Waals surface area (Å²) in [7, 11) is 2.09. The summed E-state index contributed by atoms with van der Waals surface area (Å²) >= 11 is 0. The van der Waals surface area contributed by atoms with E-state index in [9.17, 15) is 18.0 Å². The Morgan fingerprint density at radius 3 is 2.40 bits per heavy atom. The minimum absolute atomic E-state index is 0.281. The van der Waals surface area contributed by atoms with Crippen LogP contribution in [0.5, 0.6) is 0 Å². The Morgan fingerprint density at radius 1 is 1.07 bits per heavy atom. The molecule has 0 spiro atoms. The Balaban J connectivity index is 1.76. The van der Waals surface area contributed by atoms with Crippen LogP contribution in [0.2, 0.25) is 0 Å². The SMILES string of the molecule is CN1CCC(Nc2cc(-c3ccc(C=O)cc3)cc3c2ccn3CC(F)(F)F)CC1. The number of nitrogens with one attached hydrogen (secondary N) is 1. The van der Waals surface area contributed by atoms with Gasteiger partial charge in [0.15, 0.2) is 0 Å². The van der Waals surface area contributed by atoms with E-state index in [4.69, 9.17) is 0 Å². The molecule has 0 saturated carbocycles. The lowest BCUT2D eigenvalue weighted by atomic mass is 10.00. The first-order valence-corrected chi connectivity index (χ1v) is 10.0. The molecule has 0 amide bonds. The Labute approximate surface area is 173 Å². The molecule has 1 saturated heterocycles. The topological polar surface area (TPSA) is 37.3 Å². The van der Waals surface area contributed by atoms with Crippen molar-refractivity contribution in [1.82, 2.24) is 9.47 Å². The molecule has 1 aliphatic rings. The van der Waals surface area contributed by atoms with Crippen molar-refractivity contribution < 1.29 is 18.0 Å².